The van der Waals surface area contributed by atoms with Gasteiger partial charge in [-0.2, -0.15) is 5.26 Å². The van der Waals surface area contributed by atoms with Crippen molar-refractivity contribution in [2.45, 2.75) is 35.7 Å². The molecule has 102 valence electrons. The maximum Gasteiger partial charge on any atom is 0.192 e. The van der Waals surface area contributed by atoms with Gasteiger partial charge in [0, 0.05) is 21.2 Å². The molecule has 2 aromatic rings. The zero-order valence-electron chi connectivity index (χ0n) is 11.7. The van der Waals surface area contributed by atoms with Crippen molar-refractivity contribution in [1.82, 2.24) is 9.97 Å². The summed E-state index contributed by atoms with van der Waals surface area (Å²) in [5.74, 6) is 0.947. The third-order valence-corrected chi connectivity index (χ3v) is 4.43. The topological polar surface area (TPSA) is 49.6 Å². The van der Waals surface area contributed by atoms with Crippen molar-refractivity contribution in [3.05, 3.63) is 41.2 Å². The molecule has 2 rings (SSSR count). The summed E-state index contributed by atoms with van der Waals surface area (Å²) >= 11 is 3.13. The van der Waals surface area contributed by atoms with Gasteiger partial charge in [0.25, 0.3) is 0 Å². The molecule has 3 nitrogen and oxygen atoms in total. The summed E-state index contributed by atoms with van der Waals surface area (Å²) in [4.78, 5) is 10.8. The maximum atomic E-state index is 9.40. The summed E-state index contributed by atoms with van der Waals surface area (Å²) in [5.41, 5.74) is 2.60. The Morgan fingerprint density at radius 3 is 2.40 bits per heavy atom. The van der Waals surface area contributed by atoms with Gasteiger partial charge in [-0.25, -0.2) is 9.97 Å². The molecule has 0 atom stereocenters. The molecule has 0 unspecified atom stereocenters. The number of benzene rings is 1. The molecule has 0 aliphatic rings. The molecule has 0 spiro atoms. The maximum absolute atomic E-state index is 9.40. The van der Waals surface area contributed by atoms with E-state index in [0.29, 0.717) is 10.7 Å². The molecule has 0 bridgehead atoms. The van der Waals surface area contributed by atoms with E-state index in [4.69, 9.17) is 0 Å². The van der Waals surface area contributed by atoms with Gasteiger partial charge in [-0.3, -0.25) is 0 Å². The number of hydrogen-bond acceptors (Lipinski definition) is 5. The first-order chi connectivity index (χ1) is 9.63. The number of aryl methyl sites for hydroxylation is 2. The van der Waals surface area contributed by atoms with E-state index in [1.807, 2.05) is 38.1 Å². The molecule has 0 fully saturated rings. The quantitative estimate of drug-likeness (QED) is 0.625. The fourth-order valence-electron chi connectivity index (χ4n) is 1.82. The monoisotopic (exact) mass is 301 g/mol. The first-order valence-electron chi connectivity index (χ1n) is 6.30. The summed E-state index contributed by atoms with van der Waals surface area (Å²) in [6, 6.07) is 10.2. The van der Waals surface area contributed by atoms with E-state index in [-0.39, 0.29) is 0 Å². The van der Waals surface area contributed by atoms with Crippen LogP contribution in [0.15, 0.2) is 39.2 Å². The van der Waals surface area contributed by atoms with E-state index >= 15 is 0 Å². The van der Waals surface area contributed by atoms with Crippen LogP contribution >= 0.6 is 23.5 Å². The Morgan fingerprint density at radius 1 is 1.15 bits per heavy atom. The normalized spacial score (nSPS) is 10.3. The molecular weight excluding hydrogens is 286 g/mol. The molecule has 0 amide bonds. The Balaban J connectivity index is 2.38. The number of nitrogens with zero attached hydrogens (tertiary/aromatic N) is 3. The van der Waals surface area contributed by atoms with Crippen LogP contribution in [0.1, 0.15) is 23.9 Å². The van der Waals surface area contributed by atoms with Crippen molar-refractivity contribution in [1.29, 1.82) is 5.26 Å². The predicted octanol–water partition coefficient (Wildman–Crippen LogP) is 4.23. The second-order valence-corrected chi connectivity index (χ2v) is 6.52. The first-order valence-corrected chi connectivity index (χ1v) is 8.10. The van der Waals surface area contributed by atoms with Gasteiger partial charge >= 0.3 is 0 Å². The third-order valence-electron chi connectivity index (χ3n) is 2.56. The Morgan fingerprint density at radius 2 is 1.80 bits per heavy atom. The second-order valence-electron chi connectivity index (χ2n) is 4.21. The van der Waals surface area contributed by atoms with E-state index in [1.54, 1.807) is 11.8 Å². The lowest BCUT2D eigenvalue weighted by Gasteiger charge is -2.08. The van der Waals surface area contributed by atoms with Crippen LogP contribution in [0.4, 0.5) is 0 Å². The number of thioether (sulfide) groups is 1. The van der Waals surface area contributed by atoms with Crippen LogP contribution in [0.5, 0.6) is 0 Å². The number of rotatable bonds is 4. The van der Waals surface area contributed by atoms with Gasteiger partial charge in [-0.1, -0.05) is 13.0 Å². The van der Waals surface area contributed by atoms with E-state index in [2.05, 4.69) is 23.0 Å². The van der Waals surface area contributed by atoms with Gasteiger partial charge in [-0.15, -0.1) is 11.8 Å². The summed E-state index contributed by atoms with van der Waals surface area (Å²) < 4.78 is 0. The van der Waals surface area contributed by atoms with E-state index in [1.165, 1.54) is 11.8 Å². The third kappa shape index (κ3) is 3.53. The molecule has 20 heavy (non-hydrogen) atoms. The Labute approximate surface area is 127 Å². The van der Waals surface area contributed by atoms with E-state index in [0.717, 1.165) is 26.9 Å². The van der Waals surface area contributed by atoms with Crippen LogP contribution in [-0.2, 0) is 0 Å². The highest BCUT2D eigenvalue weighted by atomic mass is 32.2. The number of nitriles is 1. The van der Waals surface area contributed by atoms with Gasteiger partial charge < -0.3 is 0 Å². The average Bonchev–Trinajstić information content (AvgIpc) is 2.38. The van der Waals surface area contributed by atoms with Crippen LogP contribution < -0.4 is 0 Å². The van der Waals surface area contributed by atoms with Gasteiger partial charge in [0.15, 0.2) is 5.16 Å². The Bertz CT molecular complexity index is 642. The lowest BCUT2D eigenvalue weighted by molar-refractivity contribution is 0.901. The summed E-state index contributed by atoms with van der Waals surface area (Å²) in [6.45, 7) is 5.99. The molecule has 0 aliphatic carbocycles. The first kappa shape index (κ1) is 14.9. The van der Waals surface area contributed by atoms with Gasteiger partial charge in [0.05, 0.1) is 5.56 Å². The van der Waals surface area contributed by atoms with Crippen molar-refractivity contribution in [2.24, 2.45) is 0 Å². The minimum atomic E-state index is 0.692. The second kappa shape index (κ2) is 6.78. The molecular formula is C15H15N3S2. The molecule has 1 heterocycles. The van der Waals surface area contributed by atoms with Crippen molar-refractivity contribution in [3.63, 3.8) is 0 Å². The highest BCUT2D eigenvalue weighted by Crippen LogP contribution is 2.33. The summed E-state index contributed by atoms with van der Waals surface area (Å²) in [6.07, 6.45) is 0. The Kier molecular flexibility index (Phi) is 5.05. The molecule has 0 N–H and O–H groups in total. The molecule has 0 radical (unpaired) electrons. The highest BCUT2D eigenvalue weighted by molar-refractivity contribution is 8.00. The van der Waals surface area contributed by atoms with Crippen molar-refractivity contribution < 1.29 is 0 Å². The lowest BCUT2D eigenvalue weighted by atomic mass is 10.2. The minimum absolute atomic E-state index is 0.692. The van der Waals surface area contributed by atoms with Crippen LogP contribution in [0, 0.1) is 25.2 Å². The molecule has 1 aromatic carbocycles. The average molecular weight is 301 g/mol. The van der Waals surface area contributed by atoms with Gasteiger partial charge in [0.2, 0.25) is 0 Å². The van der Waals surface area contributed by atoms with Crippen molar-refractivity contribution in [2.75, 3.05) is 5.75 Å². The smallest absolute Gasteiger partial charge is 0.192 e. The fourth-order valence-corrected chi connectivity index (χ4v) is 3.65. The van der Waals surface area contributed by atoms with E-state index < -0.39 is 0 Å². The van der Waals surface area contributed by atoms with Crippen LogP contribution in [0.2, 0.25) is 0 Å². The van der Waals surface area contributed by atoms with Crippen LogP contribution in [0.25, 0.3) is 0 Å². The summed E-state index contributed by atoms with van der Waals surface area (Å²) in [7, 11) is 0. The zero-order valence-corrected chi connectivity index (χ0v) is 13.3. The molecule has 0 saturated carbocycles. The Hall–Kier alpha value is -1.51. The number of hydrogen-bond donors (Lipinski definition) is 0. The van der Waals surface area contributed by atoms with Crippen molar-refractivity contribution in [3.8, 4) is 6.07 Å². The molecule has 5 heteroatoms. The molecule has 0 saturated heterocycles. The molecule has 0 aliphatic heterocycles. The highest BCUT2D eigenvalue weighted by Gasteiger charge is 2.11. The van der Waals surface area contributed by atoms with Crippen LogP contribution in [0.3, 0.4) is 0 Å². The predicted molar refractivity (Wildman–Crippen MR) is 83.2 cm³/mol. The van der Waals surface area contributed by atoms with Gasteiger partial charge in [-0.05, 0) is 49.6 Å². The summed E-state index contributed by atoms with van der Waals surface area (Å²) in [5, 5.41) is 10.1. The standard InChI is InChI=1S/C15H15N3S2/c1-4-19-13-6-5-7-14(12(13)9-16)20-15-17-10(2)8-11(3)18-15/h5-8H,4H2,1-3H3. The minimum Gasteiger partial charge on any atom is -0.228 e. The SMILES string of the molecule is CCSc1cccc(Sc2nc(C)cc(C)n2)c1C#N. The molecule has 1 aromatic heterocycles. The number of aromatic nitrogens is 2. The van der Waals surface area contributed by atoms with Crippen molar-refractivity contribution >= 4 is 23.5 Å². The van der Waals surface area contributed by atoms with Gasteiger partial charge in [0.1, 0.15) is 6.07 Å². The zero-order chi connectivity index (χ0) is 14.5. The lowest BCUT2D eigenvalue weighted by Crippen LogP contribution is -1.94. The van der Waals surface area contributed by atoms with E-state index in [9.17, 15) is 5.26 Å². The fraction of sp³-hybridized carbons (Fsp3) is 0.267. The van der Waals surface area contributed by atoms with Crippen LogP contribution in [-0.4, -0.2) is 15.7 Å². The largest absolute Gasteiger partial charge is 0.228 e.